The number of carbonyl (C=O) groups excluding carboxylic acids is 2. The topological polar surface area (TPSA) is 79.2 Å². The van der Waals surface area contributed by atoms with E-state index in [0.717, 1.165) is 19.2 Å². The molecule has 0 aliphatic carbocycles. The summed E-state index contributed by atoms with van der Waals surface area (Å²) in [6.07, 6.45) is -4.79. The van der Waals surface area contributed by atoms with Gasteiger partial charge < -0.3 is 15.5 Å². The molecule has 2 aromatic rings. The lowest BCUT2D eigenvalue weighted by atomic mass is 10.0. The van der Waals surface area contributed by atoms with E-state index in [9.17, 15) is 22.8 Å². The Kier molecular flexibility index (Phi) is 8.39. The van der Waals surface area contributed by atoms with Gasteiger partial charge in [0.25, 0.3) is 5.91 Å². The number of benzene rings is 2. The molecule has 0 aromatic heterocycles. The number of anilines is 1. The van der Waals surface area contributed by atoms with Crippen LogP contribution in [0.2, 0.25) is 5.02 Å². The summed E-state index contributed by atoms with van der Waals surface area (Å²) in [6.45, 7) is 5.43. The molecule has 0 heterocycles. The van der Waals surface area contributed by atoms with Crippen molar-refractivity contribution in [2.45, 2.75) is 26.9 Å². The first kappa shape index (κ1) is 24.2. The molecule has 2 rings (SSSR count). The van der Waals surface area contributed by atoms with Gasteiger partial charge in [-0.3, -0.25) is 4.79 Å². The highest BCUT2D eigenvalue weighted by Crippen LogP contribution is 2.35. The number of carbonyl (C=O) groups is 2. The first-order chi connectivity index (χ1) is 13.6. The molecule has 1 amide bonds. The number of hydrogen-bond donors (Lipinski definition) is 2. The van der Waals surface area contributed by atoms with Crippen molar-refractivity contribution < 1.29 is 27.5 Å². The van der Waals surface area contributed by atoms with Crippen LogP contribution in [0.1, 0.15) is 52.6 Å². The maximum Gasteiger partial charge on any atom is 0.417 e. The van der Waals surface area contributed by atoms with Gasteiger partial charge in [-0.2, -0.15) is 13.2 Å². The molecule has 0 fully saturated rings. The molecule has 0 radical (unpaired) electrons. The Hall–Kier alpha value is -2.87. The molecule has 0 aliphatic rings. The maximum absolute atomic E-state index is 13.2. The summed E-state index contributed by atoms with van der Waals surface area (Å²) in [4.78, 5) is 24.2. The molecule has 9 heteroatoms. The van der Waals surface area contributed by atoms with Crippen LogP contribution in [0, 0.1) is 5.41 Å². The van der Waals surface area contributed by atoms with Crippen molar-refractivity contribution in [2.24, 2.45) is 0 Å². The normalized spacial score (nSPS) is 10.5. The van der Waals surface area contributed by atoms with Gasteiger partial charge in [-0.15, -0.1) is 0 Å². The van der Waals surface area contributed by atoms with Gasteiger partial charge in [0, 0.05) is 11.3 Å². The number of ether oxygens (including phenoxy) is 1. The average Bonchev–Trinajstić information content (AvgIpc) is 2.67. The van der Waals surface area contributed by atoms with E-state index in [1.165, 1.54) is 31.2 Å². The summed E-state index contributed by atoms with van der Waals surface area (Å²) in [5, 5.41) is 9.69. The monoisotopic (exact) mass is 428 g/mol. The second kappa shape index (κ2) is 10.1. The number of halogens is 4. The van der Waals surface area contributed by atoms with Gasteiger partial charge in [-0.1, -0.05) is 37.6 Å². The third-order valence-corrected chi connectivity index (χ3v) is 3.95. The van der Waals surface area contributed by atoms with E-state index in [1.54, 1.807) is 0 Å². The molecule has 0 spiro atoms. The van der Waals surface area contributed by atoms with E-state index in [4.69, 9.17) is 17.0 Å². The van der Waals surface area contributed by atoms with E-state index in [1.807, 2.05) is 13.8 Å². The third-order valence-electron chi connectivity index (χ3n) is 3.64. The zero-order valence-corrected chi connectivity index (χ0v) is 17.0. The number of amides is 1. The minimum absolute atomic E-state index is 0.0107. The Morgan fingerprint density at radius 1 is 1.14 bits per heavy atom. The molecule has 2 N–H and O–H groups in total. The van der Waals surface area contributed by atoms with Crippen LogP contribution in [0.4, 0.5) is 18.9 Å². The molecule has 156 valence electrons. The summed E-state index contributed by atoms with van der Waals surface area (Å²) < 4.78 is 44.2. The van der Waals surface area contributed by atoms with Crippen LogP contribution in [0.25, 0.3) is 0 Å². The summed E-state index contributed by atoms with van der Waals surface area (Å²) in [6, 6.07) is 6.99. The fourth-order valence-corrected chi connectivity index (χ4v) is 2.66. The lowest BCUT2D eigenvalue weighted by Gasteiger charge is -2.16. The SMILES string of the molecule is CC.COC(=O)c1ccc(C(C)=N)c(NC(=O)c2c(Cl)cccc2C(F)(F)F)c1. The maximum atomic E-state index is 13.2. The fraction of sp³-hybridized carbons (Fsp3) is 0.250. The van der Waals surface area contributed by atoms with Gasteiger partial charge in [0.05, 0.1) is 34.5 Å². The van der Waals surface area contributed by atoms with E-state index < -0.39 is 29.2 Å². The van der Waals surface area contributed by atoms with Crippen LogP contribution in [0.5, 0.6) is 0 Å². The Morgan fingerprint density at radius 3 is 2.28 bits per heavy atom. The minimum Gasteiger partial charge on any atom is -0.465 e. The van der Waals surface area contributed by atoms with Gasteiger partial charge in [0.2, 0.25) is 0 Å². The van der Waals surface area contributed by atoms with Crippen molar-refractivity contribution in [1.29, 1.82) is 5.41 Å². The molecule has 5 nitrogen and oxygen atoms in total. The zero-order valence-electron chi connectivity index (χ0n) is 16.2. The standard InChI is InChI=1S/C18H14ClF3N2O3.C2H6/c1-9(23)11-7-6-10(17(26)27-2)8-14(11)24-16(25)15-12(18(20,21)22)4-3-5-13(15)19;1-2/h3-8,23H,1-2H3,(H,24,25);1-2H3. The second-order valence-corrected chi connectivity index (χ2v) is 5.90. The lowest BCUT2D eigenvalue weighted by Crippen LogP contribution is -2.20. The average molecular weight is 429 g/mol. The van der Waals surface area contributed by atoms with Crippen molar-refractivity contribution in [3.05, 3.63) is 63.7 Å². The van der Waals surface area contributed by atoms with Crippen molar-refractivity contribution in [1.82, 2.24) is 0 Å². The Labute approximate surface area is 171 Å². The predicted octanol–water partition coefficient (Wildman–Crippen LogP) is 5.81. The smallest absolute Gasteiger partial charge is 0.417 e. The highest BCUT2D eigenvalue weighted by atomic mass is 35.5. The van der Waals surface area contributed by atoms with Crippen LogP contribution >= 0.6 is 11.6 Å². The highest BCUT2D eigenvalue weighted by Gasteiger charge is 2.36. The fourth-order valence-electron chi connectivity index (χ4n) is 2.40. The van der Waals surface area contributed by atoms with Gasteiger partial charge in [0.1, 0.15) is 0 Å². The van der Waals surface area contributed by atoms with Crippen LogP contribution < -0.4 is 5.32 Å². The molecule has 0 saturated heterocycles. The van der Waals surface area contributed by atoms with Gasteiger partial charge >= 0.3 is 12.1 Å². The van der Waals surface area contributed by atoms with Gasteiger partial charge in [-0.25, -0.2) is 4.79 Å². The molecule has 29 heavy (non-hydrogen) atoms. The number of hydrogen-bond acceptors (Lipinski definition) is 4. The van der Waals surface area contributed by atoms with E-state index in [0.29, 0.717) is 0 Å². The van der Waals surface area contributed by atoms with Crippen LogP contribution in [-0.2, 0) is 10.9 Å². The van der Waals surface area contributed by atoms with E-state index >= 15 is 0 Å². The predicted molar refractivity (Wildman–Crippen MR) is 106 cm³/mol. The summed E-state index contributed by atoms with van der Waals surface area (Å²) in [5.41, 5.74) is -1.61. The summed E-state index contributed by atoms with van der Waals surface area (Å²) in [7, 11) is 1.16. The first-order valence-electron chi connectivity index (χ1n) is 8.51. The third kappa shape index (κ3) is 5.80. The Morgan fingerprint density at radius 2 is 1.76 bits per heavy atom. The number of alkyl halides is 3. The van der Waals surface area contributed by atoms with Crippen LogP contribution in [-0.4, -0.2) is 24.7 Å². The lowest BCUT2D eigenvalue weighted by molar-refractivity contribution is -0.137. The Balaban J connectivity index is 0.00000204. The molecule has 0 unspecified atom stereocenters. The summed E-state index contributed by atoms with van der Waals surface area (Å²) >= 11 is 5.83. The number of esters is 1. The molecule has 2 aromatic carbocycles. The van der Waals surface area contributed by atoms with Crippen LogP contribution in [0.15, 0.2) is 36.4 Å². The van der Waals surface area contributed by atoms with E-state index in [-0.39, 0.29) is 27.5 Å². The summed E-state index contributed by atoms with van der Waals surface area (Å²) in [5.74, 6) is -1.81. The van der Waals surface area contributed by atoms with Gasteiger partial charge in [-0.05, 0) is 31.2 Å². The van der Waals surface area contributed by atoms with E-state index in [2.05, 4.69) is 10.1 Å². The number of rotatable bonds is 4. The molecular weight excluding hydrogens is 409 g/mol. The molecule has 0 aliphatic heterocycles. The highest BCUT2D eigenvalue weighted by molar-refractivity contribution is 6.34. The number of nitrogens with one attached hydrogen (secondary N) is 2. The molecule has 0 atom stereocenters. The zero-order chi connectivity index (χ0) is 22.4. The quantitative estimate of drug-likeness (QED) is 0.476. The van der Waals surface area contributed by atoms with Crippen molar-refractivity contribution in [3.8, 4) is 0 Å². The molecule has 0 saturated carbocycles. The molecular formula is C20H20ClF3N2O3. The minimum atomic E-state index is -4.79. The van der Waals surface area contributed by atoms with Crippen LogP contribution in [0.3, 0.4) is 0 Å². The van der Waals surface area contributed by atoms with Crippen molar-refractivity contribution in [2.75, 3.05) is 12.4 Å². The largest absolute Gasteiger partial charge is 0.465 e. The first-order valence-corrected chi connectivity index (χ1v) is 8.89. The van der Waals surface area contributed by atoms with Crippen molar-refractivity contribution >= 4 is 34.9 Å². The Bertz CT molecular complexity index is 928. The molecule has 0 bridgehead atoms. The second-order valence-electron chi connectivity index (χ2n) is 5.49. The van der Waals surface area contributed by atoms with Crippen molar-refractivity contribution in [3.63, 3.8) is 0 Å². The van der Waals surface area contributed by atoms with Gasteiger partial charge in [0.15, 0.2) is 0 Å². The number of methoxy groups -OCH3 is 1.